The third kappa shape index (κ3) is 3.58. The zero-order valence-corrected chi connectivity index (χ0v) is 12.9. The van der Waals surface area contributed by atoms with Gasteiger partial charge in [0.2, 0.25) is 0 Å². The van der Waals surface area contributed by atoms with Gasteiger partial charge in [-0.3, -0.25) is 14.9 Å². The van der Waals surface area contributed by atoms with Crippen LogP contribution in [0.25, 0.3) is 0 Å². The van der Waals surface area contributed by atoms with Gasteiger partial charge in [-0.25, -0.2) is 0 Å². The maximum atomic E-state index is 12.3. The molecule has 1 aromatic carbocycles. The van der Waals surface area contributed by atoms with E-state index in [0.717, 1.165) is 19.3 Å². The fourth-order valence-electron chi connectivity index (χ4n) is 2.52. The van der Waals surface area contributed by atoms with Gasteiger partial charge in [-0.15, -0.1) is 0 Å². The lowest BCUT2D eigenvalue weighted by molar-refractivity contribution is -0.385. The van der Waals surface area contributed by atoms with Crippen molar-refractivity contribution in [3.63, 3.8) is 0 Å². The number of halogens is 1. The van der Waals surface area contributed by atoms with Crippen molar-refractivity contribution in [2.75, 3.05) is 0 Å². The lowest BCUT2D eigenvalue weighted by Crippen LogP contribution is -2.48. The van der Waals surface area contributed by atoms with Crippen LogP contribution in [0.15, 0.2) is 22.7 Å². The highest BCUT2D eigenvalue weighted by molar-refractivity contribution is 9.10. The Bertz CT molecular complexity index is 618. The first kappa shape index (κ1) is 15.4. The predicted molar refractivity (Wildman–Crippen MR) is 79.7 cm³/mol. The Morgan fingerprint density at radius 3 is 2.57 bits per heavy atom. The van der Waals surface area contributed by atoms with E-state index in [1.807, 2.05) is 0 Å². The molecule has 1 amide bonds. The lowest BCUT2D eigenvalue weighted by atomic mass is 9.82. The first-order valence-corrected chi connectivity index (χ1v) is 7.44. The number of hydrogen-bond donors (Lipinski definition) is 1. The number of rotatable bonds is 3. The van der Waals surface area contributed by atoms with Gasteiger partial charge in [-0.2, -0.15) is 5.26 Å². The van der Waals surface area contributed by atoms with Crippen molar-refractivity contribution in [3.8, 4) is 6.07 Å². The highest BCUT2D eigenvalue weighted by atomic mass is 79.9. The van der Waals surface area contributed by atoms with Gasteiger partial charge in [0, 0.05) is 22.2 Å². The Kier molecular flexibility index (Phi) is 4.58. The van der Waals surface area contributed by atoms with Crippen molar-refractivity contribution in [2.45, 2.75) is 37.6 Å². The van der Waals surface area contributed by atoms with Crippen molar-refractivity contribution in [2.24, 2.45) is 0 Å². The van der Waals surface area contributed by atoms with Crippen LogP contribution in [0.4, 0.5) is 5.69 Å². The zero-order valence-electron chi connectivity index (χ0n) is 11.3. The molecule has 1 saturated carbocycles. The van der Waals surface area contributed by atoms with Crippen LogP contribution in [0.3, 0.4) is 0 Å². The largest absolute Gasteiger partial charge is 0.334 e. The van der Waals surface area contributed by atoms with Gasteiger partial charge < -0.3 is 5.32 Å². The van der Waals surface area contributed by atoms with E-state index in [9.17, 15) is 20.2 Å². The number of benzene rings is 1. The molecule has 1 aliphatic rings. The Hall–Kier alpha value is -1.94. The molecule has 110 valence electrons. The monoisotopic (exact) mass is 351 g/mol. The number of carbonyl (C=O) groups is 1. The second-order valence-electron chi connectivity index (χ2n) is 5.16. The Morgan fingerprint density at radius 1 is 1.33 bits per heavy atom. The third-order valence-corrected chi connectivity index (χ3v) is 4.09. The maximum Gasteiger partial charge on any atom is 0.271 e. The molecule has 0 bridgehead atoms. The molecule has 1 aliphatic carbocycles. The maximum absolute atomic E-state index is 12.3. The number of nitro benzene ring substituents is 1. The molecule has 0 aliphatic heterocycles. The standard InChI is InChI=1S/C14H14BrN3O3/c15-11-6-10(7-12(8-11)18(20)21)13(19)17-14(9-16)4-2-1-3-5-14/h6-8H,1-5H2,(H,17,19). The first-order chi connectivity index (χ1) is 9.96. The second kappa shape index (κ2) is 6.22. The van der Waals surface area contributed by atoms with Crippen LogP contribution < -0.4 is 5.32 Å². The third-order valence-electron chi connectivity index (χ3n) is 3.63. The van der Waals surface area contributed by atoms with Crippen molar-refractivity contribution >= 4 is 27.5 Å². The smallest absolute Gasteiger partial charge is 0.271 e. The van der Waals surface area contributed by atoms with Crippen molar-refractivity contribution in [1.29, 1.82) is 5.26 Å². The summed E-state index contributed by atoms with van der Waals surface area (Å²) < 4.78 is 0.455. The summed E-state index contributed by atoms with van der Waals surface area (Å²) >= 11 is 3.16. The first-order valence-electron chi connectivity index (χ1n) is 6.64. The van der Waals surface area contributed by atoms with Crippen LogP contribution in [0, 0.1) is 21.4 Å². The molecule has 0 radical (unpaired) electrons. The average molecular weight is 352 g/mol. The highest BCUT2D eigenvalue weighted by Crippen LogP contribution is 2.28. The summed E-state index contributed by atoms with van der Waals surface area (Å²) in [5.41, 5.74) is -0.840. The predicted octanol–water partition coefficient (Wildman–Crippen LogP) is 3.31. The summed E-state index contributed by atoms with van der Waals surface area (Å²) in [6.45, 7) is 0. The summed E-state index contributed by atoms with van der Waals surface area (Å²) in [5.74, 6) is -0.456. The van der Waals surface area contributed by atoms with Crippen LogP contribution >= 0.6 is 15.9 Å². The molecule has 7 heteroatoms. The highest BCUT2D eigenvalue weighted by Gasteiger charge is 2.34. The molecule has 2 rings (SSSR count). The Balaban J connectivity index is 2.24. The molecule has 0 heterocycles. The molecule has 6 nitrogen and oxygen atoms in total. The molecule has 0 atom stereocenters. The van der Waals surface area contributed by atoms with Crippen molar-refractivity contribution in [1.82, 2.24) is 5.32 Å². The van der Waals surface area contributed by atoms with E-state index in [2.05, 4.69) is 27.3 Å². The van der Waals surface area contributed by atoms with Gasteiger partial charge in [0.05, 0.1) is 11.0 Å². The molecular formula is C14H14BrN3O3. The summed E-state index contributed by atoms with van der Waals surface area (Å²) in [6, 6.07) is 6.25. The topological polar surface area (TPSA) is 96.0 Å². The molecule has 21 heavy (non-hydrogen) atoms. The number of nitrogens with one attached hydrogen (secondary N) is 1. The van der Waals surface area contributed by atoms with Gasteiger partial charge in [0.25, 0.3) is 11.6 Å². The summed E-state index contributed by atoms with van der Waals surface area (Å²) in [5, 5.41) is 22.9. The number of nitro groups is 1. The number of carbonyl (C=O) groups excluding carboxylic acids is 1. The summed E-state index contributed by atoms with van der Waals surface area (Å²) in [7, 11) is 0. The fourth-order valence-corrected chi connectivity index (χ4v) is 3.00. The number of non-ortho nitro benzene ring substituents is 1. The van der Waals surface area contributed by atoms with E-state index in [1.165, 1.54) is 18.2 Å². The molecule has 0 aromatic heterocycles. The number of nitriles is 1. The van der Waals surface area contributed by atoms with E-state index in [0.29, 0.717) is 17.3 Å². The summed E-state index contributed by atoms with van der Waals surface area (Å²) in [6.07, 6.45) is 4.08. The van der Waals surface area contributed by atoms with E-state index in [4.69, 9.17) is 0 Å². The van der Waals surface area contributed by atoms with E-state index in [1.54, 1.807) is 0 Å². The minimum absolute atomic E-state index is 0.163. The number of nitrogens with zero attached hydrogens (tertiary/aromatic N) is 2. The molecule has 1 N–H and O–H groups in total. The van der Waals surface area contributed by atoms with Crippen molar-refractivity contribution < 1.29 is 9.72 Å². The van der Waals surface area contributed by atoms with Gasteiger partial charge in [0.15, 0.2) is 0 Å². The fraction of sp³-hybridized carbons (Fsp3) is 0.429. The SMILES string of the molecule is N#CC1(NC(=O)c2cc(Br)cc([N+](=O)[O-])c2)CCCCC1. The number of hydrogen-bond acceptors (Lipinski definition) is 4. The van der Waals surface area contributed by atoms with Gasteiger partial charge in [-0.05, 0) is 18.9 Å². The van der Waals surface area contributed by atoms with Gasteiger partial charge >= 0.3 is 0 Å². The molecular weight excluding hydrogens is 338 g/mol. The lowest BCUT2D eigenvalue weighted by Gasteiger charge is -2.31. The van der Waals surface area contributed by atoms with Crippen LogP contribution in [0.2, 0.25) is 0 Å². The minimum Gasteiger partial charge on any atom is -0.334 e. The minimum atomic E-state index is -0.855. The van der Waals surface area contributed by atoms with Gasteiger partial charge in [0.1, 0.15) is 5.54 Å². The molecule has 1 fully saturated rings. The van der Waals surface area contributed by atoms with Gasteiger partial charge in [-0.1, -0.05) is 35.2 Å². The van der Waals surface area contributed by atoms with E-state index < -0.39 is 16.4 Å². The van der Waals surface area contributed by atoms with E-state index >= 15 is 0 Å². The summed E-state index contributed by atoms with van der Waals surface area (Å²) in [4.78, 5) is 22.6. The van der Waals surface area contributed by atoms with Crippen LogP contribution in [-0.4, -0.2) is 16.4 Å². The van der Waals surface area contributed by atoms with Crippen LogP contribution in [0.1, 0.15) is 42.5 Å². The quantitative estimate of drug-likeness (QED) is 0.667. The second-order valence-corrected chi connectivity index (χ2v) is 6.08. The van der Waals surface area contributed by atoms with Crippen molar-refractivity contribution in [3.05, 3.63) is 38.3 Å². The molecule has 1 aromatic rings. The van der Waals surface area contributed by atoms with Crippen LogP contribution in [-0.2, 0) is 0 Å². The zero-order chi connectivity index (χ0) is 15.5. The molecule has 0 spiro atoms. The Labute approximate surface area is 130 Å². The normalized spacial score (nSPS) is 16.8. The Morgan fingerprint density at radius 2 is 2.00 bits per heavy atom. The molecule has 0 unspecified atom stereocenters. The van der Waals surface area contributed by atoms with E-state index in [-0.39, 0.29) is 11.3 Å². The number of amides is 1. The molecule has 0 saturated heterocycles. The van der Waals surface area contributed by atoms with Crippen LogP contribution in [0.5, 0.6) is 0 Å². The average Bonchev–Trinajstić information content (AvgIpc) is 2.47.